The summed E-state index contributed by atoms with van der Waals surface area (Å²) >= 11 is 0. The molecule has 0 bridgehead atoms. The predicted molar refractivity (Wildman–Crippen MR) is 73.2 cm³/mol. The normalized spacial score (nSPS) is 21.7. The summed E-state index contributed by atoms with van der Waals surface area (Å²) in [6.45, 7) is 5.68. The molecule has 1 N–H and O–H groups in total. The van der Waals surface area contributed by atoms with Crippen LogP contribution in [0.3, 0.4) is 0 Å². The van der Waals surface area contributed by atoms with E-state index in [4.69, 9.17) is 5.26 Å². The lowest BCUT2D eigenvalue weighted by atomic mass is 10.0. The lowest BCUT2D eigenvalue weighted by Gasteiger charge is -2.17. The number of likely N-dealkylation sites (tertiary alicyclic amines) is 1. The van der Waals surface area contributed by atoms with Crippen LogP contribution in [0.15, 0.2) is 24.3 Å². The molecule has 1 heterocycles. The molecular weight excluding hydrogens is 222 g/mol. The summed E-state index contributed by atoms with van der Waals surface area (Å²) < 4.78 is 0. The van der Waals surface area contributed by atoms with E-state index in [1.54, 1.807) is 0 Å². The lowest BCUT2D eigenvalue weighted by molar-refractivity contribution is 0.382. The average molecular weight is 243 g/mol. The van der Waals surface area contributed by atoms with Gasteiger partial charge in [-0.25, -0.2) is 0 Å². The third-order valence-corrected chi connectivity index (χ3v) is 3.74. The van der Waals surface area contributed by atoms with Crippen molar-refractivity contribution < 1.29 is 0 Å². The second-order valence-corrected chi connectivity index (χ2v) is 5.28. The molecule has 2 atom stereocenters. The van der Waals surface area contributed by atoms with Crippen LogP contribution in [-0.4, -0.2) is 31.6 Å². The Morgan fingerprint density at radius 2 is 2.17 bits per heavy atom. The Balaban J connectivity index is 1.83. The van der Waals surface area contributed by atoms with Crippen molar-refractivity contribution in [3.63, 3.8) is 0 Å². The molecule has 1 aliphatic heterocycles. The second-order valence-electron chi connectivity index (χ2n) is 5.28. The minimum absolute atomic E-state index is 0.351. The van der Waals surface area contributed by atoms with Crippen LogP contribution in [0.2, 0.25) is 0 Å². The Kier molecular flexibility index (Phi) is 4.35. The molecule has 1 aromatic carbocycles. The quantitative estimate of drug-likeness (QED) is 0.881. The average Bonchev–Trinajstić information content (AvgIpc) is 2.82. The van der Waals surface area contributed by atoms with Gasteiger partial charge in [-0.3, -0.25) is 0 Å². The Morgan fingerprint density at radius 3 is 2.72 bits per heavy atom. The summed E-state index contributed by atoms with van der Waals surface area (Å²) in [5.74, 6) is 0.774. The van der Waals surface area contributed by atoms with Crippen LogP contribution in [0.1, 0.15) is 30.5 Å². The topological polar surface area (TPSA) is 39.1 Å². The molecule has 1 saturated heterocycles. The summed E-state index contributed by atoms with van der Waals surface area (Å²) in [5.41, 5.74) is 1.98. The summed E-state index contributed by atoms with van der Waals surface area (Å²) in [7, 11) is 2.18. The van der Waals surface area contributed by atoms with Crippen LogP contribution >= 0.6 is 0 Å². The first-order valence-corrected chi connectivity index (χ1v) is 6.61. The van der Waals surface area contributed by atoms with Crippen LogP contribution in [0, 0.1) is 17.2 Å². The van der Waals surface area contributed by atoms with Crippen LogP contribution in [0.4, 0.5) is 0 Å². The molecule has 3 nitrogen and oxygen atoms in total. The highest BCUT2D eigenvalue weighted by atomic mass is 15.1. The number of rotatable bonds is 4. The van der Waals surface area contributed by atoms with Gasteiger partial charge in [0.2, 0.25) is 0 Å². The van der Waals surface area contributed by atoms with Gasteiger partial charge in [-0.1, -0.05) is 12.1 Å². The number of hydrogen-bond acceptors (Lipinski definition) is 3. The SMILES string of the molecule is CC(NCC1CCN(C)C1)c1ccc(C#N)cc1. The zero-order valence-corrected chi connectivity index (χ0v) is 11.2. The van der Waals surface area contributed by atoms with Gasteiger partial charge in [0, 0.05) is 12.6 Å². The standard InChI is InChI=1S/C15H21N3/c1-12(15-5-3-13(9-16)4-6-15)17-10-14-7-8-18(2)11-14/h3-6,12,14,17H,7-8,10-11H2,1-2H3. The fourth-order valence-corrected chi connectivity index (χ4v) is 2.50. The minimum Gasteiger partial charge on any atom is -0.310 e. The van der Waals surface area contributed by atoms with Crippen LogP contribution in [0.5, 0.6) is 0 Å². The molecule has 0 aliphatic carbocycles. The van der Waals surface area contributed by atoms with Gasteiger partial charge in [-0.15, -0.1) is 0 Å². The van der Waals surface area contributed by atoms with E-state index in [9.17, 15) is 0 Å². The number of nitriles is 1. The van der Waals surface area contributed by atoms with Crippen molar-refractivity contribution in [1.82, 2.24) is 10.2 Å². The van der Waals surface area contributed by atoms with E-state index >= 15 is 0 Å². The fourth-order valence-electron chi connectivity index (χ4n) is 2.50. The molecule has 0 amide bonds. The Labute approximate surface area is 109 Å². The highest BCUT2D eigenvalue weighted by Gasteiger charge is 2.19. The van der Waals surface area contributed by atoms with E-state index in [0.717, 1.165) is 18.0 Å². The largest absolute Gasteiger partial charge is 0.310 e. The third kappa shape index (κ3) is 3.32. The summed E-state index contributed by atoms with van der Waals surface area (Å²) in [4.78, 5) is 2.39. The molecule has 1 fully saturated rings. The molecule has 1 aromatic rings. The Hall–Kier alpha value is -1.37. The zero-order valence-electron chi connectivity index (χ0n) is 11.2. The molecule has 18 heavy (non-hydrogen) atoms. The molecule has 0 radical (unpaired) electrons. The van der Waals surface area contributed by atoms with E-state index in [0.29, 0.717) is 6.04 Å². The van der Waals surface area contributed by atoms with Crippen molar-refractivity contribution in [3.8, 4) is 6.07 Å². The first-order chi connectivity index (χ1) is 8.69. The molecule has 1 aliphatic rings. The van der Waals surface area contributed by atoms with Gasteiger partial charge in [-0.2, -0.15) is 5.26 Å². The maximum absolute atomic E-state index is 8.77. The van der Waals surface area contributed by atoms with E-state index < -0.39 is 0 Å². The summed E-state index contributed by atoms with van der Waals surface area (Å²) in [5, 5.41) is 12.4. The van der Waals surface area contributed by atoms with E-state index in [2.05, 4.69) is 30.3 Å². The molecule has 0 spiro atoms. The second kappa shape index (κ2) is 5.99. The van der Waals surface area contributed by atoms with Gasteiger partial charge in [0.05, 0.1) is 11.6 Å². The van der Waals surface area contributed by atoms with Crippen molar-refractivity contribution >= 4 is 0 Å². The molecular formula is C15H21N3. The van der Waals surface area contributed by atoms with Gasteiger partial charge < -0.3 is 10.2 Å². The maximum atomic E-state index is 8.77. The van der Waals surface area contributed by atoms with E-state index in [1.807, 2.05) is 24.3 Å². The van der Waals surface area contributed by atoms with Crippen molar-refractivity contribution in [3.05, 3.63) is 35.4 Å². The van der Waals surface area contributed by atoms with Crippen molar-refractivity contribution in [2.24, 2.45) is 5.92 Å². The molecule has 0 aromatic heterocycles. The first kappa shape index (κ1) is 13.1. The zero-order chi connectivity index (χ0) is 13.0. The highest BCUT2D eigenvalue weighted by molar-refractivity contribution is 5.32. The Morgan fingerprint density at radius 1 is 1.44 bits per heavy atom. The molecule has 0 saturated carbocycles. The third-order valence-electron chi connectivity index (χ3n) is 3.74. The lowest BCUT2D eigenvalue weighted by Crippen LogP contribution is -2.27. The maximum Gasteiger partial charge on any atom is 0.0991 e. The molecule has 96 valence electrons. The van der Waals surface area contributed by atoms with Gasteiger partial charge in [0.15, 0.2) is 0 Å². The molecule has 2 rings (SSSR count). The van der Waals surface area contributed by atoms with Gasteiger partial charge in [-0.05, 0) is 57.1 Å². The van der Waals surface area contributed by atoms with Crippen molar-refractivity contribution in [1.29, 1.82) is 5.26 Å². The van der Waals surface area contributed by atoms with Crippen LogP contribution in [0.25, 0.3) is 0 Å². The number of nitrogens with one attached hydrogen (secondary N) is 1. The van der Waals surface area contributed by atoms with Crippen molar-refractivity contribution in [2.45, 2.75) is 19.4 Å². The summed E-state index contributed by atoms with van der Waals surface area (Å²) in [6.07, 6.45) is 1.30. The van der Waals surface area contributed by atoms with E-state index in [-0.39, 0.29) is 0 Å². The number of nitrogens with zero attached hydrogens (tertiary/aromatic N) is 2. The van der Waals surface area contributed by atoms with Crippen LogP contribution in [-0.2, 0) is 0 Å². The monoisotopic (exact) mass is 243 g/mol. The Bertz CT molecular complexity index is 418. The smallest absolute Gasteiger partial charge is 0.0991 e. The molecule has 3 heteroatoms. The van der Waals surface area contributed by atoms with Crippen molar-refractivity contribution in [2.75, 3.05) is 26.7 Å². The van der Waals surface area contributed by atoms with Crippen LogP contribution < -0.4 is 5.32 Å². The minimum atomic E-state index is 0.351. The number of benzene rings is 1. The summed E-state index contributed by atoms with van der Waals surface area (Å²) in [6, 6.07) is 10.3. The highest BCUT2D eigenvalue weighted by Crippen LogP contribution is 2.17. The molecule has 2 unspecified atom stereocenters. The fraction of sp³-hybridized carbons (Fsp3) is 0.533. The predicted octanol–water partition coefficient (Wildman–Crippen LogP) is 2.16. The first-order valence-electron chi connectivity index (χ1n) is 6.61. The van der Waals surface area contributed by atoms with Gasteiger partial charge in [0.1, 0.15) is 0 Å². The van der Waals surface area contributed by atoms with E-state index in [1.165, 1.54) is 25.1 Å². The van der Waals surface area contributed by atoms with Gasteiger partial charge in [0.25, 0.3) is 0 Å². The van der Waals surface area contributed by atoms with Gasteiger partial charge >= 0.3 is 0 Å². The number of hydrogen-bond donors (Lipinski definition) is 1.